The van der Waals surface area contributed by atoms with E-state index in [4.69, 9.17) is 9.47 Å². The van der Waals surface area contributed by atoms with Gasteiger partial charge in [-0.2, -0.15) is 0 Å². The highest BCUT2D eigenvalue weighted by Gasteiger charge is 2.21. The molecule has 1 aromatic carbocycles. The molecule has 1 saturated carbocycles. The third-order valence-corrected chi connectivity index (χ3v) is 4.40. The van der Waals surface area contributed by atoms with Gasteiger partial charge >= 0.3 is 0 Å². The Morgan fingerprint density at radius 3 is 2.33 bits per heavy atom. The van der Waals surface area contributed by atoms with Crippen LogP contribution >= 0.6 is 0 Å². The standard InChI is InChI=1S/C18H26N2O4/c1-12-9-15(23-2)16(24-3)10-14(12)20-17(21)11-19-18(22)13-7-5-4-6-8-13/h9-10,13H,4-8,11H2,1-3H3,(H,19,22)(H,20,21). The molecular formula is C18H26N2O4. The van der Waals surface area contributed by atoms with Crippen LogP contribution in [-0.2, 0) is 9.59 Å². The minimum absolute atomic E-state index is 0.0196. The second-order valence-electron chi connectivity index (χ2n) is 6.12. The van der Waals surface area contributed by atoms with Crippen LogP contribution in [0.5, 0.6) is 11.5 Å². The minimum Gasteiger partial charge on any atom is -0.493 e. The van der Waals surface area contributed by atoms with Crippen LogP contribution in [0.3, 0.4) is 0 Å². The number of hydrogen-bond donors (Lipinski definition) is 2. The fourth-order valence-electron chi connectivity index (χ4n) is 2.99. The zero-order valence-corrected chi connectivity index (χ0v) is 14.6. The molecule has 2 N–H and O–H groups in total. The lowest BCUT2D eigenvalue weighted by Gasteiger charge is -2.20. The largest absolute Gasteiger partial charge is 0.493 e. The molecule has 2 amide bonds. The molecule has 0 radical (unpaired) electrons. The van der Waals surface area contributed by atoms with Crippen molar-refractivity contribution >= 4 is 17.5 Å². The predicted molar refractivity (Wildman–Crippen MR) is 92.5 cm³/mol. The van der Waals surface area contributed by atoms with Crippen LogP contribution in [-0.4, -0.2) is 32.6 Å². The molecule has 6 nitrogen and oxygen atoms in total. The summed E-state index contributed by atoms with van der Waals surface area (Å²) in [6.07, 6.45) is 5.22. The third kappa shape index (κ3) is 4.63. The molecular weight excluding hydrogens is 308 g/mol. The zero-order valence-electron chi connectivity index (χ0n) is 14.6. The summed E-state index contributed by atoms with van der Waals surface area (Å²) in [6, 6.07) is 3.52. The van der Waals surface area contributed by atoms with Crippen molar-refractivity contribution in [1.29, 1.82) is 0 Å². The maximum absolute atomic E-state index is 12.1. The summed E-state index contributed by atoms with van der Waals surface area (Å²) in [4.78, 5) is 24.2. The molecule has 0 saturated heterocycles. The van der Waals surface area contributed by atoms with Gasteiger partial charge in [0.2, 0.25) is 11.8 Å². The smallest absolute Gasteiger partial charge is 0.243 e. The minimum atomic E-state index is -0.255. The van der Waals surface area contributed by atoms with Crippen molar-refractivity contribution in [2.75, 3.05) is 26.1 Å². The highest BCUT2D eigenvalue weighted by Crippen LogP contribution is 2.32. The van der Waals surface area contributed by atoms with Crippen molar-refractivity contribution in [1.82, 2.24) is 5.32 Å². The van der Waals surface area contributed by atoms with Crippen molar-refractivity contribution in [2.24, 2.45) is 5.92 Å². The average molecular weight is 334 g/mol. The van der Waals surface area contributed by atoms with E-state index in [1.165, 1.54) is 6.42 Å². The molecule has 1 aliphatic carbocycles. The Labute approximate surface area is 142 Å². The van der Waals surface area contributed by atoms with Gasteiger partial charge in [-0.15, -0.1) is 0 Å². The number of anilines is 1. The number of nitrogens with one attached hydrogen (secondary N) is 2. The topological polar surface area (TPSA) is 76.7 Å². The van der Waals surface area contributed by atoms with Gasteiger partial charge in [-0.1, -0.05) is 19.3 Å². The normalized spacial score (nSPS) is 14.8. The third-order valence-electron chi connectivity index (χ3n) is 4.40. The van der Waals surface area contributed by atoms with Crippen LogP contribution in [0.2, 0.25) is 0 Å². The monoisotopic (exact) mass is 334 g/mol. The first-order valence-electron chi connectivity index (χ1n) is 8.35. The number of methoxy groups -OCH3 is 2. The van der Waals surface area contributed by atoms with Crippen LogP contribution < -0.4 is 20.1 Å². The van der Waals surface area contributed by atoms with Crippen LogP contribution in [0.1, 0.15) is 37.7 Å². The first kappa shape index (κ1) is 18.1. The molecule has 0 aliphatic heterocycles. The number of amides is 2. The Balaban J connectivity index is 1.91. The molecule has 2 rings (SSSR count). The Kier molecular flexibility index (Phi) is 6.46. The Hall–Kier alpha value is -2.24. The average Bonchev–Trinajstić information content (AvgIpc) is 2.61. The van der Waals surface area contributed by atoms with E-state index < -0.39 is 0 Å². The lowest BCUT2D eigenvalue weighted by atomic mass is 9.89. The van der Waals surface area contributed by atoms with Gasteiger partial charge in [0.1, 0.15) is 0 Å². The highest BCUT2D eigenvalue weighted by atomic mass is 16.5. The maximum atomic E-state index is 12.1. The number of carbonyl (C=O) groups is 2. The van der Waals surface area contributed by atoms with Crippen molar-refractivity contribution in [2.45, 2.75) is 39.0 Å². The molecule has 132 valence electrons. The summed E-state index contributed by atoms with van der Waals surface area (Å²) in [5.41, 5.74) is 1.50. The fraction of sp³-hybridized carbons (Fsp3) is 0.556. The predicted octanol–water partition coefficient (Wildman–Crippen LogP) is 2.65. The van der Waals surface area contributed by atoms with Crippen LogP contribution in [0.4, 0.5) is 5.69 Å². The van der Waals surface area contributed by atoms with E-state index in [2.05, 4.69) is 10.6 Å². The second-order valence-corrected chi connectivity index (χ2v) is 6.12. The lowest BCUT2D eigenvalue weighted by Crippen LogP contribution is -2.37. The molecule has 0 heterocycles. The summed E-state index contributed by atoms with van der Waals surface area (Å²) in [7, 11) is 3.11. The van der Waals surface area contributed by atoms with E-state index in [9.17, 15) is 9.59 Å². The molecule has 1 aliphatic rings. The van der Waals surface area contributed by atoms with Crippen LogP contribution in [0, 0.1) is 12.8 Å². The van der Waals surface area contributed by atoms with Gasteiger partial charge in [0, 0.05) is 17.7 Å². The molecule has 0 bridgehead atoms. The highest BCUT2D eigenvalue weighted by molar-refractivity contribution is 5.95. The molecule has 0 atom stereocenters. The number of benzene rings is 1. The Morgan fingerprint density at radius 1 is 1.08 bits per heavy atom. The van der Waals surface area contributed by atoms with E-state index in [1.54, 1.807) is 26.4 Å². The SMILES string of the molecule is COc1cc(C)c(NC(=O)CNC(=O)C2CCCCC2)cc1OC. The van der Waals surface area contributed by atoms with Gasteiger partial charge in [-0.25, -0.2) is 0 Å². The molecule has 1 fully saturated rings. The summed E-state index contributed by atoms with van der Waals surface area (Å²) in [6.45, 7) is 1.85. The van der Waals surface area contributed by atoms with E-state index >= 15 is 0 Å². The molecule has 0 spiro atoms. The van der Waals surface area contributed by atoms with E-state index in [1.807, 2.05) is 6.92 Å². The number of hydrogen-bond acceptors (Lipinski definition) is 4. The lowest BCUT2D eigenvalue weighted by molar-refractivity contribution is -0.128. The van der Waals surface area contributed by atoms with Gasteiger partial charge in [0.05, 0.1) is 20.8 Å². The van der Waals surface area contributed by atoms with Gasteiger partial charge < -0.3 is 20.1 Å². The summed E-state index contributed by atoms with van der Waals surface area (Å²) in [5, 5.41) is 5.54. The van der Waals surface area contributed by atoms with Crippen LogP contribution in [0.25, 0.3) is 0 Å². The molecule has 0 unspecified atom stereocenters. The fourth-order valence-corrected chi connectivity index (χ4v) is 2.99. The zero-order chi connectivity index (χ0) is 17.5. The first-order valence-corrected chi connectivity index (χ1v) is 8.35. The quantitative estimate of drug-likeness (QED) is 0.838. The van der Waals surface area contributed by atoms with Crippen molar-refractivity contribution in [3.05, 3.63) is 17.7 Å². The van der Waals surface area contributed by atoms with Gasteiger partial charge in [0.25, 0.3) is 0 Å². The molecule has 6 heteroatoms. The number of carbonyl (C=O) groups excluding carboxylic acids is 2. The van der Waals surface area contributed by atoms with E-state index in [0.717, 1.165) is 31.2 Å². The van der Waals surface area contributed by atoms with Gasteiger partial charge in [0.15, 0.2) is 11.5 Å². The van der Waals surface area contributed by atoms with Crippen molar-refractivity contribution in [3.8, 4) is 11.5 Å². The molecule has 24 heavy (non-hydrogen) atoms. The number of ether oxygens (including phenoxy) is 2. The van der Waals surface area contributed by atoms with E-state index in [-0.39, 0.29) is 24.3 Å². The maximum Gasteiger partial charge on any atom is 0.243 e. The number of rotatable bonds is 6. The van der Waals surface area contributed by atoms with E-state index in [0.29, 0.717) is 17.2 Å². The van der Waals surface area contributed by atoms with Crippen molar-refractivity contribution < 1.29 is 19.1 Å². The second kappa shape index (κ2) is 8.57. The van der Waals surface area contributed by atoms with Gasteiger partial charge in [-0.05, 0) is 31.4 Å². The summed E-state index contributed by atoms with van der Waals surface area (Å²) >= 11 is 0. The summed E-state index contributed by atoms with van der Waals surface area (Å²) < 4.78 is 10.5. The Bertz CT molecular complexity index is 595. The molecule has 0 aromatic heterocycles. The van der Waals surface area contributed by atoms with Crippen LogP contribution in [0.15, 0.2) is 12.1 Å². The number of aryl methyl sites for hydroxylation is 1. The van der Waals surface area contributed by atoms with Crippen molar-refractivity contribution in [3.63, 3.8) is 0 Å². The molecule has 1 aromatic rings. The summed E-state index contributed by atoms with van der Waals surface area (Å²) in [5.74, 6) is 0.931. The Morgan fingerprint density at radius 2 is 1.71 bits per heavy atom. The van der Waals surface area contributed by atoms with Gasteiger partial charge in [-0.3, -0.25) is 9.59 Å². The first-order chi connectivity index (χ1) is 11.5.